The van der Waals surface area contributed by atoms with Crippen LogP contribution in [0.25, 0.3) is 71.7 Å². The molecule has 5 aliphatic carbocycles. The molecule has 48 heavy (non-hydrogen) atoms. The highest BCUT2D eigenvalue weighted by atomic mass is 16.3. The number of rotatable bonds is 2. The second kappa shape index (κ2) is 9.08. The lowest BCUT2D eigenvalue weighted by Gasteiger charge is -2.61. The van der Waals surface area contributed by atoms with Gasteiger partial charge in [-0.05, 0) is 132 Å². The molecule has 230 valence electrons. The number of hydrogen-bond acceptors (Lipinski definition) is 1. The van der Waals surface area contributed by atoms with E-state index >= 15 is 0 Å². The number of nitrogens with zero attached hydrogens (tertiary/aromatic N) is 1. The molecule has 2 heterocycles. The summed E-state index contributed by atoms with van der Waals surface area (Å²) in [6.45, 7) is 0. The fourth-order valence-electron chi connectivity index (χ4n) is 11.7. The van der Waals surface area contributed by atoms with Crippen LogP contribution in [0.4, 0.5) is 0 Å². The molecular formula is C46H35NO. The van der Waals surface area contributed by atoms with Gasteiger partial charge in [-0.1, -0.05) is 84.9 Å². The molecule has 0 atom stereocenters. The Labute approximate surface area is 279 Å². The van der Waals surface area contributed by atoms with E-state index in [1.807, 2.05) is 6.07 Å². The molecule has 5 aliphatic rings. The van der Waals surface area contributed by atoms with Gasteiger partial charge in [-0.3, -0.25) is 0 Å². The van der Waals surface area contributed by atoms with Gasteiger partial charge in [0, 0.05) is 32.6 Å². The first-order chi connectivity index (χ1) is 23.8. The van der Waals surface area contributed by atoms with Crippen LogP contribution in [0.5, 0.6) is 0 Å². The normalized spacial score (nSPS) is 25.2. The minimum atomic E-state index is 0.155. The summed E-state index contributed by atoms with van der Waals surface area (Å²) in [7, 11) is 0. The van der Waals surface area contributed by atoms with Gasteiger partial charge in [-0.2, -0.15) is 0 Å². The lowest BCUT2D eigenvalue weighted by molar-refractivity contribution is -0.0399. The van der Waals surface area contributed by atoms with Gasteiger partial charge in [-0.15, -0.1) is 0 Å². The Morgan fingerprint density at radius 1 is 0.500 bits per heavy atom. The lowest BCUT2D eigenvalue weighted by Crippen LogP contribution is -2.55. The topological polar surface area (TPSA) is 18.1 Å². The Balaban J connectivity index is 1.10. The number of benzene rings is 6. The van der Waals surface area contributed by atoms with Crippen LogP contribution in [0.15, 0.2) is 132 Å². The Morgan fingerprint density at radius 2 is 1.19 bits per heavy atom. The minimum absolute atomic E-state index is 0.155. The van der Waals surface area contributed by atoms with Crippen LogP contribution in [-0.2, 0) is 5.41 Å². The zero-order chi connectivity index (χ0) is 31.1. The van der Waals surface area contributed by atoms with Crippen LogP contribution in [0.3, 0.4) is 0 Å². The van der Waals surface area contributed by atoms with Crippen molar-refractivity contribution in [1.82, 2.24) is 4.57 Å². The SMILES string of the molecule is c1ccc2c(c1)-c1ccc(-n3c4ccccc4c4c(-c5ccc6oc7ccccc7c6c5)cccc43)cc1C21C2CC3CC(C2)CC1C3. The molecule has 4 bridgehead atoms. The molecular weight excluding hydrogens is 583 g/mol. The molecule has 1 spiro atoms. The zero-order valence-electron chi connectivity index (χ0n) is 26.8. The van der Waals surface area contributed by atoms with E-state index in [9.17, 15) is 0 Å². The van der Waals surface area contributed by atoms with Gasteiger partial charge >= 0.3 is 0 Å². The molecule has 13 rings (SSSR count). The van der Waals surface area contributed by atoms with Crippen molar-refractivity contribution in [3.8, 4) is 27.9 Å². The van der Waals surface area contributed by atoms with Crippen molar-refractivity contribution < 1.29 is 4.42 Å². The highest BCUT2D eigenvalue weighted by Crippen LogP contribution is 2.69. The smallest absolute Gasteiger partial charge is 0.135 e. The third-order valence-electron chi connectivity index (χ3n) is 13.2. The van der Waals surface area contributed by atoms with E-state index in [4.69, 9.17) is 4.42 Å². The van der Waals surface area contributed by atoms with Crippen LogP contribution in [-0.4, -0.2) is 4.57 Å². The lowest BCUT2D eigenvalue weighted by atomic mass is 9.43. The van der Waals surface area contributed by atoms with Crippen molar-refractivity contribution in [2.75, 3.05) is 0 Å². The predicted molar refractivity (Wildman–Crippen MR) is 197 cm³/mol. The summed E-state index contributed by atoms with van der Waals surface area (Å²) >= 11 is 0. The molecule has 4 fully saturated rings. The molecule has 0 radical (unpaired) electrons. The van der Waals surface area contributed by atoms with E-state index in [0.717, 1.165) is 34.8 Å². The Bertz CT molecular complexity index is 2620. The summed E-state index contributed by atoms with van der Waals surface area (Å²) in [5, 5.41) is 4.95. The molecule has 0 unspecified atom stereocenters. The van der Waals surface area contributed by atoms with E-state index in [2.05, 4.69) is 126 Å². The standard InChI is InChI=1S/C46H35NO/c1-4-12-39-34(8-1)35-18-17-32(26-40(35)46(39)30-21-27-20-28(23-30)24-31(46)22-27)47-41-13-5-2-10-37(41)45-33(11-7-14-42(45)47)29-16-19-44-38(25-29)36-9-3-6-15-43(36)48-44/h1-19,25-28,30-31H,20-24H2. The van der Waals surface area contributed by atoms with Crippen LogP contribution < -0.4 is 0 Å². The second-order valence-electron chi connectivity index (χ2n) is 15.3. The van der Waals surface area contributed by atoms with Crippen molar-refractivity contribution >= 4 is 43.7 Å². The first-order valence-corrected chi connectivity index (χ1v) is 17.9. The third-order valence-corrected chi connectivity index (χ3v) is 13.2. The minimum Gasteiger partial charge on any atom is -0.456 e. The molecule has 0 saturated heterocycles. The van der Waals surface area contributed by atoms with Gasteiger partial charge in [0.25, 0.3) is 0 Å². The second-order valence-corrected chi connectivity index (χ2v) is 15.3. The van der Waals surface area contributed by atoms with E-state index in [1.165, 1.54) is 92.6 Å². The largest absolute Gasteiger partial charge is 0.456 e. The fraction of sp³-hybridized carbons (Fsp3) is 0.217. The summed E-state index contributed by atoms with van der Waals surface area (Å²) in [5.74, 6) is 3.38. The molecule has 0 aliphatic heterocycles. The summed E-state index contributed by atoms with van der Waals surface area (Å²) in [5.41, 5.74) is 14.5. The summed E-state index contributed by atoms with van der Waals surface area (Å²) < 4.78 is 8.75. The monoisotopic (exact) mass is 617 g/mol. The number of fused-ring (bicyclic) bond motifs is 9. The third kappa shape index (κ3) is 3.15. The molecule has 0 N–H and O–H groups in total. The van der Waals surface area contributed by atoms with Gasteiger partial charge in [-0.25, -0.2) is 0 Å². The quantitative estimate of drug-likeness (QED) is 0.189. The molecule has 2 aromatic heterocycles. The van der Waals surface area contributed by atoms with E-state index < -0.39 is 0 Å². The summed E-state index contributed by atoms with van der Waals surface area (Å²) in [4.78, 5) is 0. The number of para-hydroxylation sites is 2. The summed E-state index contributed by atoms with van der Waals surface area (Å²) in [6, 6.07) is 47.9. The van der Waals surface area contributed by atoms with Crippen molar-refractivity contribution in [3.63, 3.8) is 0 Å². The number of aromatic nitrogens is 1. The van der Waals surface area contributed by atoms with Crippen LogP contribution >= 0.6 is 0 Å². The molecule has 8 aromatic rings. The van der Waals surface area contributed by atoms with E-state index in [1.54, 1.807) is 11.1 Å². The maximum Gasteiger partial charge on any atom is 0.135 e. The van der Waals surface area contributed by atoms with Crippen molar-refractivity contribution in [2.45, 2.75) is 37.5 Å². The van der Waals surface area contributed by atoms with Crippen LogP contribution in [0, 0.1) is 23.7 Å². The maximum absolute atomic E-state index is 6.20. The van der Waals surface area contributed by atoms with Gasteiger partial charge in [0.2, 0.25) is 0 Å². The van der Waals surface area contributed by atoms with Crippen molar-refractivity contribution in [2.24, 2.45) is 23.7 Å². The first kappa shape index (κ1) is 25.9. The van der Waals surface area contributed by atoms with Gasteiger partial charge < -0.3 is 8.98 Å². The Morgan fingerprint density at radius 3 is 2.06 bits per heavy atom. The van der Waals surface area contributed by atoms with Gasteiger partial charge in [0.1, 0.15) is 11.2 Å². The van der Waals surface area contributed by atoms with Gasteiger partial charge in [0.05, 0.1) is 11.0 Å². The zero-order valence-corrected chi connectivity index (χ0v) is 26.8. The van der Waals surface area contributed by atoms with Gasteiger partial charge in [0.15, 0.2) is 0 Å². The van der Waals surface area contributed by atoms with Crippen LogP contribution in [0.1, 0.15) is 43.2 Å². The average Bonchev–Trinajstić information content (AvgIpc) is 3.76. The summed E-state index contributed by atoms with van der Waals surface area (Å²) in [6.07, 6.45) is 7.09. The number of hydrogen-bond donors (Lipinski definition) is 0. The number of furan rings is 1. The fourth-order valence-corrected chi connectivity index (χ4v) is 11.7. The molecule has 6 aromatic carbocycles. The molecule has 2 heteroatoms. The Kier molecular flexibility index (Phi) is 4.91. The molecule has 0 amide bonds. The average molecular weight is 618 g/mol. The highest BCUT2D eigenvalue weighted by Gasteiger charge is 2.61. The maximum atomic E-state index is 6.20. The molecule has 4 saturated carbocycles. The highest BCUT2D eigenvalue weighted by molar-refractivity contribution is 6.17. The van der Waals surface area contributed by atoms with Crippen molar-refractivity contribution in [3.05, 3.63) is 139 Å². The van der Waals surface area contributed by atoms with E-state index in [0.29, 0.717) is 0 Å². The van der Waals surface area contributed by atoms with E-state index in [-0.39, 0.29) is 5.41 Å². The Hall–Kier alpha value is -5.08. The van der Waals surface area contributed by atoms with Crippen molar-refractivity contribution in [1.29, 1.82) is 0 Å². The molecule has 2 nitrogen and oxygen atoms in total. The first-order valence-electron chi connectivity index (χ1n) is 17.9. The van der Waals surface area contributed by atoms with Crippen LogP contribution in [0.2, 0.25) is 0 Å². The predicted octanol–water partition coefficient (Wildman–Crippen LogP) is 12.1.